The summed E-state index contributed by atoms with van der Waals surface area (Å²) in [7, 11) is 0. The zero-order valence-corrected chi connectivity index (χ0v) is 17.4. The van der Waals surface area contributed by atoms with Crippen LogP contribution >= 0.6 is 0 Å². The van der Waals surface area contributed by atoms with Crippen molar-refractivity contribution in [2.45, 2.75) is 70.8 Å². The van der Waals surface area contributed by atoms with Crippen LogP contribution in [0, 0.1) is 23.7 Å². The van der Waals surface area contributed by atoms with Gasteiger partial charge in [-0.2, -0.15) is 0 Å². The van der Waals surface area contributed by atoms with Gasteiger partial charge < -0.3 is 9.47 Å². The number of hydrogen-bond donors (Lipinski definition) is 0. The Hall–Kier alpha value is -1.79. The van der Waals surface area contributed by atoms with Gasteiger partial charge in [-0.3, -0.25) is 4.99 Å². The van der Waals surface area contributed by atoms with Gasteiger partial charge in [0, 0.05) is 31.7 Å². The molecule has 0 amide bonds. The molecule has 28 heavy (non-hydrogen) atoms. The average molecular weight is 382 g/mol. The van der Waals surface area contributed by atoms with E-state index in [9.17, 15) is 0 Å². The van der Waals surface area contributed by atoms with Crippen molar-refractivity contribution < 1.29 is 9.47 Å². The minimum absolute atomic E-state index is 0.0805. The monoisotopic (exact) mass is 381 g/mol. The summed E-state index contributed by atoms with van der Waals surface area (Å²) in [5.41, 5.74) is 1.59. The number of rotatable bonds is 6. The van der Waals surface area contributed by atoms with Crippen LogP contribution in [0.15, 0.2) is 40.6 Å². The highest BCUT2D eigenvalue weighted by molar-refractivity contribution is 5.73. The summed E-state index contributed by atoms with van der Waals surface area (Å²) < 4.78 is 12.3. The second-order valence-electron chi connectivity index (χ2n) is 8.46. The van der Waals surface area contributed by atoms with Crippen LogP contribution in [0.5, 0.6) is 0 Å². The molecule has 0 spiro atoms. The summed E-state index contributed by atoms with van der Waals surface area (Å²) >= 11 is 0. The molecule has 3 aliphatic rings. The summed E-state index contributed by atoms with van der Waals surface area (Å²) in [6.07, 6.45) is 26.3. The SMILES string of the molecule is C#CCCCOC1=CCC(C)(C2=CC=NCCC2C2CCCCCO2)CC=C1. The molecule has 1 aliphatic carbocycles. The van der Waals surface area contributed by atoms with Gasteiger partial charge in [-0.25, -0.2) is 0 Å². The van der Waals surface area contributed by atoms with E-state index in [0.29, 0.717) is 18.6 Å². The fourth-order valence-electron chi connectivity index (χ4n) is 4.61. The summed E-state index contributed by atoms with van der Waals surface area (Å²) in [5.74, 6) is 4.11. The third kappa shape index (κ3) is 5.61. The maximum Gasteiger partial charge on any atom is 0.115 e. The van der Waals surface area contributed by atoms with Crippen molar-refractivity contribution in [3.8, 4) is 12.3 Å². The van der Waals surface area contributed by atoms with E-state index < -0.39 is 0 Å². The maximum atomic E-state index is 6.32. The van der Waals surface area contributed by atoms with Crippen molar-refractivity contribution in [2.24, 2.45) is 16.3 Å². The van der Waals surface area contributed by atoms with Gasteiger partial charge >= 0.3 is 0 Å². The van der Waals surface area contributed by atoms with Crippen molar-refractivity contribution in [1.29, 1.82) is 0 Å². The lowest BCUT2D eigenvalue weighted by Gasteiger charge is -2.38. The van der Waals surface area contributed by atoms with Crippen LogP contribution < -0.4 is 0 Å². The first-order valence-electron chi connectivity index (χ1n) is 11.0. The lowest BCUT2D eigenvalue weighted by molar-refractivity contribution is 0.0196. The first-order valence-corrected chi connectivity index (χ1v) is 11.0. The molecule has 0 aromatic rings. The smallest absolute Gasteiger partial charge is 0.115 e. The van der Waals surface area contributed by atoms with Gasteiger partial charge in [0.15, 0.2) is 0 Å². The highest BCUT2D eigenvalue weighted by atomic mass is 16.5. The normalized spacial score (nSPS) is 31.0. The molecule has 0 aromatic carbocycles. The standard InChI is InChI=1S/C25H35NO2/c1-3-4-7-19-27-21-10-9-15-25(2,16-12-21)23-14-18-26-17-13-22(23)24-11-6-5-8-20-28-24/h1,9-10,12,14,18,22,24H,4-8,11,13,15-17,19-20H2,2H3. The van der Waals surface area contributed by atoms with Crippen molar-refractivity contribution in [1.82, 2.24) is 0 Å². The molecule has 0 saturated carbocycles. The van der Waals surface area contributed by atoms with Crippen molar-refractivity contribution in [2.75, 3.05) is 19.8 Å². The first-order chi connectivity index (χ1) is 13.7. The maximum absolute atomic E-state index is 6.32. The van der Waals surface area contributed by atoms with Gasteiger partial charge in [0.05, 0.1) is 12.7 Å². The number of allylic oxidation sites excluding steroid dienone is 4. The fourth-order valence-corrected chi connectivity index (χ4v) is 4.61. The lowest BCUT2D eigenvalue weighted by atomic mass is 9.69. The molecule has 1 saturated heterocycles. The van der Waals surface area contributed by atoms with Gasteiger partial charge in [0.25, 0.3) is 0 Å². The predicted octanol–water partition coefficient (Wildman–Crippen LogP) is 5.63. The van der Waals surface area contributed by atoms with Crippen LogP contribution in [0.2, 0.25) is 0 Å². The first kappa shape index (κ1) is 20.9. The molecule has 3 rings (SSSR count). The number of terminal acetylenes is 1. The third-order valence-electron chi connectivity index (χ3n) is 6.28. The molecule has 0 radical (unpaired) electrons. The Kier molecular flexibility index (Phi) is 7.98. The van der Waals surface area contributed by atoms with Gasteiger partial charge in [-0.15, -0.1) is 12.3 Å². The molecule has 2 aliphatic heterocycles. The Labute approximate surface area is 171 Å². The largest absolute Gasteiger partial charge is 0.494 e. The molecule has 0 bridgehead atoms. The van der Waals surface area contributed by atoms with Crippen LogP contribution in [0.3, 0.4) is 0 Å². The van der Waals surface area contributed by atoms with Crippen LogP contribution in [0.1, 0.15) is 64.7 Å². The van der Waals surface area contributed by atoms with Crippen LogP contribution in [0.25, 0.3) is 0 Å². The highest BCUT2D eigenvalue weighted by Crippen LogP contribution is 2.45. The Balaban J connectivity index is 1.73. The molecule has 2 heterocycles. The van der Waals surface area contributed by atoms with E-state index in [1.807, 2.05) is 6.21 Å². The third-order valence-corrected chi connectivity index (χ3v) is 6.28. The van der Waals surface area contributed by atoms with Crippen LogP contribution in [-0.2, 0) is 9.47 Å². The summed E-state index contributed by atoms with van der Waals surface area (Å²) in [5, 5.41) is 0. The fraction of sp³-hybridized carbons (Fsp3) is 0.640. The number of aliphatic imine (C=N–C) groups is 1. The zero-order valence-electron chi connectivity index (χ0n) is 17.4. The average Bonchev–Trinajstić information content (AvgIpc) is 3.18. The van der Waals surface area contributed by atoms with Crippen molar-refractivity contribution >= 4 is 6.21 Å². The molecule has 152 valence electrons. The summed E-state index contributed by atoms with van der Waals surface area (Å²) in [6, 6.07) is 0. The predicted molar refractivity (Wildman–Crippen MR) is 116 cm³/mol. The van der Waals surface area contributed by atoms with Gasteiger partial charge in [0.2, 0.25) is 0 Å². The zero-order chi connectivity index (χ0) is 19.7. The van der Waals surface area contributed by atoms with E-state index >= 15 is 0 Å². The number of nitrogens with zero attached hydrogens (tertiary/aromatic N) is 1. The molecular weight excluding hydrogens is 346 g/mol. The quantitative estimate of drug-likeness (QED) is 0.441. The molecule has 3 heteroatoms. The van der Waals surface area contributed by atoms with E-state index in [4.69, 9.17) is 15.9 Å². The Morgan fingerprint density at radius 2 is 2.21 bits per heavy atom. The second-order valence-corrected chi connectivity index (χ2v) is 8.46. The Morgan fingerprint density at radius 3 is 3.11 bits per heavy atom. The molecule has 3 unspecified atom stereocenters. The molecule has 3 nitrogen and oxygen atoms in total. The summed E-state index contributed by atoms with van der Waals surface area (Å²) in [4.78, 5) is 4.58. The molecule has 3 atom stereocenters. The van der Waals surface area contributed by atoms with Gasteiger partial charge in [0.1, 0.15) is 5.76 Å². The minimum atomic E-state index is 0.0805. The molecule has 0 N–H and O–H groups in total. The number of unbranched alkanes of at least 4 members (excludes halogenated alkanes) is 1. The topological polar surface area (TPSA) is 30.8 Å². The van der Waals surface area contributed by atoms with E-state index in [-0.39, 0.29) is 5.41 Å². The van der Waals surface area contributed by atoms with E-state index in [1.165, 1.54) is 31.3 Å². The Bertz CT molecular complexity index is 659. The minimum Gasteiger partial charge on any atom is -0.494 e. The molecule has 0 aromatic heterocycles. The van der Waals surface area contributed by atoms with Gasteiger partial charge in [-0.1, -0.05) is 31.4 Å². The highest BCUT2D eigenvalue weighted by Gasteiger charge is 2.37. The van der Waals surface area contributed by atoms with Crippen LogP contribution in [-0.4, -0.2) is 32.1 Å². The molecule has 1 fully saturated rings. The van der Waals surface area contributed by atoms with E-state index in [2.05, 4.69) is 42.1 Å². The number of ether oxygens (including phenoxy) is 2. The lowest BCUT2D eigenvalue weighted by Crippen LogP contribution is -2.33. The molecular formula is C25H35NO2. The van der Waals surface area contributed by atoms with E-state index in [0.717, 1.165) is 51.0 Å². The van der Waals surface area contributed by atoms with Crippen molar-refractivity contribution in [3.05, 3.63) is 35.6 Å². The number of hydrogen-bond acceptors (Lipinski definition) is 3. The second kappa shape index (κ2) is 10.7. The Morgan fingerprint density at radius 1 is 1.29 bits per heavy atom. The van der Waals surface area contributed by atoms with Gasteiger partial charge in [-0.05, 0) is 62.2 Å². The van der Waals surface area contributed by atoms with Crippen molar-refractivity contribution in [3.63, 3.8) is 0 Å². The van der Waals surface area contributed by atoms with E-state index in [1.54, 1.807) is 0 Å². The van der Waals surface area contributed by atoms with Crippen LogP contribution in [0.4, 0.5) is 0 Å². The summed E-state index contributed by atoms with van der Waals surface area (Å²) in [6.45, 7) is 4.88.